The van der Waals surface area contributed by atoms with Gasteiger partial charge in [0.15, 0.2) is 0 Å². The van der Waals surface area contributed by atoms with Gasteiger partial charge in [-0.05, 0) is 86.7 Å². The van der Waals surface area contributed by atoms with Crippen LogP contribution in [0.15, 0.2) is 47.4 Å². The van der Waals surface area contributed by atoms with Crippen LogP contribution in [0.25, 0.3) is 10.9 Å². The van der Waals surface area contributed by atoms with Crippen LogP contribution in [0.4, 0.5) is 4.39 Å². The molecule has 5 rings (SSSR count). The summed E-state index contributed by atoms with van der Waals surface area (Å²) < 4.78 is 48.1. The lowest BCUT2D eigenvalue weighted by Crippen LogP contribution is -2.44. The largest absolute Gasteiger partial charge is 0.494 e. The average Bonchev–Trinajstić information content (AvgIpc) is 3.24. The number of halogens is 1. The molecule has 0 saturated carbocycles. The summed E-state index contributed by atoms with van der Waals surface area (Å²) in [6.45, 7) is 6.38. The highest BCUT2D eigenvalue weighted by Gasteiger charge is 2.24. The van der Waals surface area contributed by atoms with E-state index < -0.39 is 10.0 Å². The molecule has 0 spiro atoms. The number of ether oxygens (including phenoxy) is 1. The van der Waals surface area contributed by atoms with Gasteiger partial charge in [0.25, 0.3) is 0 Å². The molecule has 2 aromatic carbocycles. The van der Waals surface area contributed by atoms with Gasteiger partial charge in [-0.25, -0.2) is 17.5 Å². The summed E-state index contributed by atoms with van der Waals surface area (Å²) in [7, 11) is -1.47. The van der Waals surface area contributed by atoms with Crippen molar-refractivity contribution in [1.82, 2.24) is 19.5 Å². The van der Waals surface area contributed by atoms with E-state index in [1.54, 1.807) is 36.4 Å². The Labute approximate surface area is 212 Å². The number of hydrogen-bond donors (Lipinski definition) is 2. The van der Waals surface area contributed by atoms with E-state index in [-0.39, 0.29) is 16.6 Å². The highest BCUT2D eigenvalue weighted by atomic mass is 32.2. The van der Waals surface area contributed by atoms with E-state index >= 15 is 0 Å². The lowest BCUT2D eigenvalue weighted by molar-refractivity contribution is 0.145. The maximum absolute atomic E-state index is 13.8. The van der Waals surface area contributed by atoms with E-state index in [4.69, 9.17) is 4.74 Å². The molecule has 1 fully saturated rings. The van der Waals surface area contributed by atoms with Crippen LogP contribution in [0.1, 0.15) is 24.1 Å². The van der Waals surface area contributed by atoms with Crippen LogP contribution in [0, 0.1) is 11.7 Å². The zero-order chi connectivity index (χ0) is 25.1. The number of H-pyrrole nitrogens is 1. The minimum Gasteiger partial charge on any atom is -0.494 e. The van der Waals surface area contributed by atoms with Gasteiger partial charge in [0.05, 0.1) is 11.5 Å². The second-order valence-electron chi connectivity index (χ2n) is 10.1. The highest BCUT2D eigenvalue weighted by molar-refractivity contribution is 7.89. The Balaban J connectivity index is 1.10. The van der Waals surface area contributed by atoms with Gasteiger partial charge in [0, 0.05) is 55.9 Å². The number of hydrogen-bond acceptors (Lipinski definition) is 5. The van der Waals surface area contributed by atoms with Gasteiger partial charge in [-0.1, -0.05) is 0 Å². The van der Waals surface area contributed by atoms with Crippen molar-refractivity contribution in [3.05, 3.63) is 59.5 Å². The van der Waals surface area contributed by atoms with Crippen molar-refractivity contribution in [2.24, 2.45) is 5.92 Å². The van der Waals surface area contributed by atoms with Crippen molar-refractivity contribution < 1.29 is 17.5 Å². The molecule has 1 atom stereocenters. The Morgan fingerprint density at radius 1 is 1.11 bits per heavy atom. The first kappa shape index (κ1) is 25.2. The fraction of sp³-hybridized carbons (Fsp3) is 0.481. The van der Waals surface area contributed by atoms with Gasteiger partial charge in [-0.3, -0.25) is 0 Å². The normalized spacial score (nSPS) is 19.4. The summed E-state index contributed by atoms with van der Waals surface area (Å²) in [5.74, 6) is 0.589. The Morgan fingerprint density at radius 2 is 1.89 bits per heavy atom. The van der Waals surface area contributed by atoms with Crippen LogP contribution in [-0.4, -0.2) is 76.1 Å². The van der Waals surface area contributed by atoms with E-state index in [0.29, 0.717) is 18.9 Å². The molecule has 2 N–H and O–H groups in total. The first-order chi connectivity index (χ1) is 17.4. The third-order valence-corrected chi connectivity index (χ3v) is 8.87. The van der Waals surface area contributed by atoms with E-state index in [1.165, 1.54) is 6.07 Å². The van der Waals surface area contributed by atoms with Crippen LogP contribution < -0.4 is 9.46 Å². The number of sulfonamides is 1. The predicted molar refractivity (Wildman–Crippen MR) is 139 cm³/mol. The number of aromatic amines is 1. The summed E-state index contributed by atoms with van der Waals surface area (Å²) >= 11 is 0. The van der Waals surface area contributed by atoms with Gasteiger partial charge < -0.3 is 19.5 Å². The standard InChI is InChI=1S/C27H35FN4O3S/c1-31-12-14-32(15-13-31)11-2-16-35-22-5-7-23(8-6-22)36(33,34)29-19-20-3-9-26-24(17-20)25-18-21(28)4-10-27(25)30-26/h4-8,10,18,20,29-30H,2-3,9,11-17,19H2,1H3. The van der Waals surface area contributed by atoms with E-state index in [1.807, 2.05) is 0 Å². The zero-order valence-electron chi connectivity index (χ0n) is 20.8. The quantitative estimate of drug-likeness (QED) is 0.428. The van der Waals surface area contributed by atoms with Gasteiger partial charge in [-0.2, -0.15) is 0 Å². The molecular weight excluding hydrogens is 479 g/mol. The van der Waals surface area contributed by atoms with Crippen molar-refractivity contribution in [3.63, 3.8) is 0 Å². The van der Waals surface area contributed by atoms with E-state index in [9.17, 15) is 12.8 Å². The number of piperazine rings is 1. The molecule has 2 heterocycles. The molecule has 1 aliphatic carbocycles. The number of nitrogens with zero attached hydrogens (tertiary/aromatic N) is 2. The van der Waals surface area contributed by atoms with Gasteiger partial charge >= 0.3 is 0 Å². The van der Waals surface area contributed by atoms with Crippen molar-refractivity contribution in [1.29, 1.82) is 0 Å². The summed E-state index contributed by atoms with van der Waals surface area (Å²) in [5, 5.41) is 0.900. The first-order valence-electron chi connectivity index (χ1n) is 12.8. The minimum atomic E-state index is -3.62. The van der Waals surface area contributed by atoms with Crippen LogP contribution in [-0.2, 0) is 22.9 Å². The van der Waals surface area contributed by atoms with Crippen molar-refractivity contribution in [3.8, 4) is 5.75 Å². The lowest BCUT2D eigenvalue weighted by atomic mass is 9.86. The third kappa shape index (κ3) is 5.91. The Hall–Kier alpha value is -2.46. The molecule has 7 nitrogen and oxygen atoms in total. The topological polar surface area (TPSA) is 77.7 Å². The van der Waals surface area contributed by atoms with E-state index in [0.717, 1.165) is 80.6 Å². The molecule has 0 amide bonds. The molecule has 1 aliphatic heterocycles. The van der Waals surface area contributed by atoms with Crippen LogP contribution >= 0.6 is 0 Å². The number of fused-ring (bicyclic) bond motifs is 3. The number of likely N-dealkylation sites (N-methyl/N-ethyl adjacent to an activating group) is 1. The molecule has 194 valence electrons. The van der Waals surface area contributed by atoms with Crippen molar-refractivity contribution >= 4 is 20.9 Å². The monoisotopic (exact) mass is 514 g/mol. The maximum Gasteiger partial charge on any atom is 0.240 e. The SMILES string of the molecule is CN1CCN(CCCOc2ccc(S(=O)(=O)NCC3CCc4[nH]c5ccc(F)cc5c4C3)cc2)CC1. The minimum absolute atomic E-state index is 0.164. The second kappa shape index (κ2) is 10.9. The van der Waals surface area contributed by atoms with Crippen LogP contribution in [0.2, 0.25) is 0 Å². The fourth-order valence-electron chi connectivity index (χ4n) is 5.21. The van der Waals surface area contributed by atoms with E-state index in [2.05, 4.69) is 26.6 Å². The summed E-state index contributed by atoms with van der Waals surface area (Å²) in [6.07, 6.45) is 3.38. The molecule has 0 bridgehead atoms. The number of rotatable bonds is 9. The number of benzene rings is 2. The second-order valence-corrected chi connectivity index (χ2v) is 11.8. The zero-order valence-corrected chi connectivity index (χ0v) is 21.6. The molecule has 1 unspecified atom stereocenters. The Morgan fingerprint density at radius 3 is 2.67 bits per heavy atom. The molecule has 36 heavy (non-hydrogen) atoms. The molecule has 3 aromatic rings. The summed E-state index contributed by atoms with van der Waals surface area (Å²) in [5.41, 5.74) is 3.17. The molecule has 0 radical (unpaired) electrons. The van der Waals surface area contributed by atoms with Crippen molar-refractivity contribution in [2.75, 3.05) is 52.9 Å². The fourth-order valence-corrected chi connectivity index (χ4v) is 6.33. The third-order valence-electron chi connectivity index (χ3n) is 7.43. The van der Waals surface area contributed by atoms with Gasteiger partial charge in [-0.15, -0.1) is 0 Å². The smallest absolute Gasteiger partial charge is 0.240 e. The molecule has 1 saturated heterocycles. The molecular formula is C27H35FN4O3S. The number of aryl methyl sites for hydroxylation is 1. The summed E-state index contributed by atoms with van der Waals surface area (Å²) in [4.78, 5) is 8.41. The molecule has 1 aromatic heterocycles. The molecule has 9 heteroatoms. The Kier molecular flexibility index (Phi) is 7.62. The van der Waals surface area contributed by atoms with Crippen LogP contribution in [0.5, 0.6) is 5.75 Å². The molecule has 2 aliphatic rings. The number of aromatic nitrogens is 1. The Bertz CT molecular complexity index is 1280. The van der Waals surface area contributed by atoms with Crippen molar-refractivity contribution in [2.45, 2.75) is 30.6 Å². The first-order valence-corrected chi connectivity index (χ1v) is 14.3. The highest BCUT2D eigenvalue weighted by Crippen LogP contribution is 2.32. The summed E-state index contributed by atoms with van der Waals surface area (Å²) in [6, 6.07) is 11.4. The lowest BCUT2D eigenvalue weighted by Gasteiger charge is -2.32. The number of nitrogens with one attached hydrogen (secondary N) is 2. The predicted octanol–water partition coefficient (Wildman–Crippen LogP) is 3.41. The maximum atomic E-state index is 13.8. The van der Waals surface area contributed by atoms with Gasteiger partial charge in [0.1, 0.15) is 11.6 Å². The average molecular weight is 515 g/mol. The van der Waals surface area contributed by atoms with Gasteiger partial charge in [0.2, 0.25) is 10.0 Å². The van der Waals surface area contributed by atoms with Crippen LogP contribution in [0.3, 0.4) is 0 Å².